The Morgan fingerprint density at radius 2 is 2.27 bits per heavy atom. The molecule has 0 aromatic carbocycles. The van der Waals surface area contributed by atoms with Gasteiger partial charge in [0.25, 0.3) is 10.0 Å². The first kappa shape index (κ1) is 15.9. The Labute approximate surface area is 138 Å². The highest BCUT2D eigenvalue weighted by atomic mass is 35.5. The van der Waals surface area contributed by atoms with E-state index in [-0.39, 0.29) is 10.3 Å². The molecule has 0 radical (unpaired) electrons. The highest BCUT2D eigenvalue weighted by Crippen LogP contribution is 2.35. The van der Waals surface area contributed by atoms with Gasteiger partial charge in [-0.05, 0) is 18.6 Å². The lowest BCUT2D eigenvalue weighted by Crippen LogP contribution is -2.49. The summed E-state index contributed by atoms with van der Waals surface area (Å²) in [5.41, 5.74) is 0.786. The van der Waals surface area contributed by atoms with Gasteiger partial charge in [-0.2, -0.15) is 4.31 Å². The number of sulfonamides is 1. The van der Waals surface area contributed by atoms with Crippen molar-refractivity contribution in [3.8, 4) is 0 Å². The number of nitrogens with zero attached hydrogens (tertiary/aromatic N) is 3. The third-order valence-electron chi connectivity index (χ3n) is 3.75. The van der Waals surface area contributed by atoms with E-state index in [1.807, 2.05) is 24.7 Å². The molecule has 2 aromatic heterocycles. The van der Waals surface area contributed by atoms with E-state index in [0.29, 0.717) is 24.0 Å². The molecule has 1 saturated heterocycles. The number of hydrogen-bond acceptors (Lipinski definition) is 5. The maximum Gasteiger partial charge on any atom is 0.253 e. The molecule has 6 nitrogen and oxygen atoms in total. The molecule has 1 fully saturated rings. The molecule has 120 valence electrons. The number of nitrogens with one attached hydrogen (secondary N) is 1. The van der Waals surface area contributed by atoms with Crippen LogP contribution >= 0.6 is 22.9 Å². The number of piperazine rings is 1. The summed E-state index contributed by atoms with van der Waals surface area (Å²) in [6, 6.07) is 1.32. The molecule has 0 bridgehead atoms. The first-order valence-electron chi connectivity index (χ1n) is 6.87. The van der Waals surface area contributed by atoms with Gasteiger partial charge in [0.05, 0.1) is 10.4 Å². The molecule has 9 heteroatoms. The number of rotatable bonds is 3. The lowest BCUT2D eigenvalue weighted by Gasteiger charge is -2.34. The van der Waals surface area contributed by atoms with Gasteiger partial charge in [-0.25, -0.2) is 13.4 Å². The molecule has 0 aliphatic carbocycles. The van der Waals surface area contributed by atoms with Crippen molar-refractivity contribution in [3.63, 3.8) is 0 Å². The van der Waals surface area contributed by atoms with E-state index in [9.17, 15) is 8.42 Å². The zero-order valence-corrected chi connectivity index (χ0v) is 14.7. The minimum atomic E-state index is -3.58. The highest BCUT2D eigenvalue weighted by molar-refractivity contribution is 7.91. The van der Waals surface area contributed by atoms with Crippen LogP contribution in [-0.2, 0) is 17.1 Å². The zero-order chi connectivity index (χ0) is 15.9. The molecule has 3 rings (SSSR count). The topological polar surface area (TPSA) is 67.2 Å². The second-order valence-electron chi connectivity index (χ2n) is 5.25. The summed E-state index contributed by atoms with van der Waals surface area (Å²) in [7, 11) is -1.71. The van der Waals surface area contributed by atoms with E-state index in [1.165, 1.54) is 4.31 Å². The van der Waals surface area contributed by atoms with Crippen LogP contribution in [0.2, 0.25) is 4.34 Å². The molecule has 0 spiro atoms. The van der Waals surface area contributed by atoms with E-state index in [1.54, 1.807) is 12.3 Å². The van der Waals surface area contributed by atoms with Gasteiger partial charge in [0.1, 0.15) is 10.0 Å². The predicted octanol–water partition coefficient (Wildman–Crippen LogP) is 1.78. The second-order valence-corrected chi connectivity index (χ2v) is 9.03. The Balaban J connectivity index is 2.01. The number of aromatic nitrogens is 2. The number of hydrogen-bond donors (Lipinski definition) is 1. The number of halogens is 1. The summed E-state index contributed by atoms with van der Waals surface area (Å²) in [6.07, 6.45) is 3.50. The molecule has 0 saturated carbocycles. The zero-order valence-electron chi connectivity index (χ0n) is 12.3. The Hall–Kier alpha value is -0.930. The fourth-order valence-electron chi connectivity index (χ4n) is 2.57. The molecule has 1 aliphatic heterocycles. The number of aryl methyl sites for hydroxylation is 2. The van der Waals surface area contributed by atoms with Gasteiger partial charge in [0.15, 0.2) is 0 Å². The largest absolute Gasteiger partial charge is 0.337 e. The molecular formula is C13H17ClN4O2S2. The van der Waals surface area contributed by atoms with Gasteiger partial charge >= 0.3 is 0 Å². The molecule has 1 unspecified atom stereocenters. The minimum absolute atomic E-state index is 0.288. The van der Waals surface area contributed by atoms with Crippen molar-refractivity contribution in [2.24, 2.45) is 7.05 Å². The van der Waals surface area contributed by atoms with Gasteiger partial charge < -0.3 is 9.88 Å². The SMILES string of the molecule is Cc1cc(S(=O)(=O)N2CCNCC2c2nccn2C)sc1Cl. The Morgan fingerprint density at radius 1 is 1.50 bits per heavy atom. The van der Waals surface area contributed by atoms with Crippen LogP contribution in [0.3, 0.4) is 0 Å². The molecule has 1 aliphatic rings. The van der Waals surface area contributed by atoms with Crippen LogP contribution in [0.1, 0.15) is 17.4 Å². The monoisotopic (exact) mass is 360 g/mol. The van der Waals surface area contributed by atoms with Crippen LogP contribution in [0.5, 0.6) is 0 Å². The average molecular weight is 361 g/mol. The summed E-state index contributed by atoms with van der Waals surface area (Å²) in [5, 5.41) is 3.24. The first-order chi connectivity index (χ1) is 10.4. The van der Waals surface area contributed by atoms with Crippen LogP contribution in [0.25, 0.3) is 0 Å². The van der Waals surface area contributed by atoms with Crippen molar-refractivity contribution < 1.29 is 8.42 Å². The minimum Gasteiger partial charge on any atom is -0.337 e. The maximum atomic E-state index is 13.0. The molecule has 2 aromatic rings. The lowest BCUT2D eigenvalue weighted by atomic mass is 10.2. The first-order valence-corrected chi connectivity index (χ1v) is 9.50. The van der Waals surface area contributed by atoms with E-state index in [4.69, 9.17) is 11.6 Å². The van der Waals surface area contributed by atoms with Gasteiger partial charge in [0.2, 0.25) is 0 Å². The Morgan fingerprint density at radius 3 is 2.86 bits per heavy atom. The molecule has 22 heavy (non-hydrogen) atoms. The fraction of sp³-hybridized carbons (Fsp3) is 0.462. The highest BCUT2D eigenvalue weighted by Gasteiger charge is 2.37. The number of imidazole rings is 1. The lowest BCUT2D eigenvalue weighted by molar-refractivity contribution is 0.259. The van der Waals surface area contributed by atoms with Crippen LogP contribution in [0.15, 0.2) is 22.7 Å². The molecule has 1 atom stereocenters. The summed E-state index contributed by atoms with van der Waals surface area (Å²) in [5.74, 6) is 0.732. The van der Waals surface area contributed by atoms with Crippen molar-refractivity contribution in [3.05, 3.63) is 34.2 Å². The standard InChI is InChI=1S/C13H17ClN4O2S2/c1-9-7-11(21-12(9)14)22(19,20)18-6-3-15-8-10(18)13-16-4-5-17(13)2/h4-5,7,10,15H,3,6,8H2,1-2H3. The Kier molecular flexibility index (Phi) is 4.30. The number of thiophene rings is 1. The molecule has 1 N–H and O–H groups in total. The normalized spacial score (nSPS) is 20.4. The predicted molar refractivity (Wildman–Crippen MR) is 86.8 cm³/mol. The fourth-order valence-corrected chi connectivity index (χ4v) is 5.99. The third-order valence-corrected chi connectivity index (χ3v) is 7.66. The quantitative estimate of drug-likeness (QED) is 0.906. The average Bonchev–Trinajstić information content (AvgIpc) is 3.06. The van der Waals surface area contributed by atoms with E-state index >= 15 is 0 Å². The van der Waals surface area contributed by atoms with Gasteiger partial charge in [-0.3, -0.25) is 0 Å². The summed E-state index contributed by atoms with van der Waals surface area (Å²) >= 11 is 7.15. The van der Waals surface area contributed by atoms with Gasteiger partial charge in [-0.1, -0.05) is 11.6 Å². The van der Waals surface area contributed by atoms with Gasteiger partial charge in [0, 0.05) is 39.1 Å². The second kappa shape index (κ2) is 5.93. The van der Waals surface area contributed by atoms with Gasteiger partial charge in [-0.15, -0.1) is 11.3 Å². The molecule has 0 amide bonds. The van der Waals surface area contributed by atoms with E-state index in [2.05, 4.69) is 10.3 Å². The smallest absolute Gasteiger partial charge is 0.253 e. The van der Waals surface area contributed by atoms with Crippen molar-refractivity contribution in [1.29, 1.82) is 0 Å². The third kappa shape index (κ3) is 2.69. The maximum absolute atomic E-state index is 13.0. The van der Waals surface area contributed by atoms with Crippen LogP contribution in [0, 0.1) is 6.92 Å². The van der Waals surface area contributed by atoms with E-state index < -0.39 is 10.0 Å². The summed E-state index contributed by atoms with van der Waals surface area (Å²) < 4.78 is 30.1. The van der Waals surface area contributed by atoms with Crippen LogP contribution in [-0.4, -0.2) is 41.9 Å². The summed E-state index contributed by atoms with van der Waals surface area (Å²) in [6.45, 7) is 3.39. The summed E-state index contributed by atoms with van der Waals surface area (Å²) in [4.78, 5) is 4.31. The van der Waals surface area contributed by atoms with Crippen molar-refractivity contribution in [2.75, 3.05) is 19.6 Å². The van der Waals surface area contributed by atoms with E-state index in [0.717, 1.165) is 22.7 Å². The van der Waals surface area contributed by atoms with Crippen LogP contribution < -0.4 is 5.32 Å². The molecular weight excluding hydrogens is 344 g/mol. The van der Waals surface area contributed by atoms with Crippen LogP contribution in [0.4, 0.5) is 0 Å². The molecule has 3 heterocycles. The van der Waals surface area contributed by atoms with Crippen molar-refractivity contribution >= 4 is 33.0 Å². The van der Waals surface area contributed by atoms with Crippen molar-refractivity contribution in [2.45, 2.75) is 17.2 Å². The Bertz CT molecular complexity index is 764. The van der Waals surface area contributed by atoms with Crippen molar-refractivity contribution in [1.82, 2.24) is 19.2 Å².